The summed E-state index contributed by atoms with van der Waals surface area (Å²) in [5, 5.41) is 0. The van der Waals surface area contributed by atoms with Crippen molar-refractivity contribution in [3.05, 3.63) is 83.8 Å². The molecular weight excluding hydrogens is 348 g/mol. The summed E-state index contributed by atoms with van der Waals surface area (Å²) in [4.78, 5) is 26.0. The van der Waals surface area contributed by atoms with Gasteiger partial charge in [0.25, 0.3) is 5.91 Å². The molecule has 28 heavy (non-hydrogen) atoms. The van der Waals surface area contributed by atoms with Crippen molar-refractivity contribution in [2.75, 3.05) is 11.4 Å². The lowest BCUT2D eigenvalue weighted by molar-refractivity contribution is 0.0684. The molecule has 0 saturated carbocycles. The Morgan fingerprint density at radius 1 is 1.04 bits per heavy atom. The molecule has 0 aliphatic carbocycles. The summed E-state index contributed by atoms with van der Waals surface area (Å²) >= 11 is 0. The first kappa shape index (κ1) is 18.2. The fraction of sp³-hybridized carbons (Fsp3) is 0.261. The van der Waals surface area contributed by atoms with E-state index in [4.69, 9.17) is 0 Å². The quantitative estimate of drug-likeness (QED) is 0.673. The standard InChI is InChI=1S/C23H24N4O/c1-17(2)27(16-18-8-4-3-5-9-18)23(28)20-14-25-22(15-24-20)26-13-12-19-10-6-7-11-21(19)26/h3-11,14-15,17H,12-13,16H2,1-2H3. The molecule has 5 heteroatoms. The maximum Gasteiger partial charge on any atom is 0.274 e. The summed E-state index contributed by atoms with van der Waals surface area (Å²) in [5.74, 6) is 0.681. The van der Waals surface area contributed by atoms with E-state index < -0.39 is 0 Å². The largest absolute Gasteiger partial charge is 0.331 e. The Kier molecular flexibility index (Phi) is 5.06. The second-order valence-electron chi connectivity index (χ2n) is 7.30. The Hall–Kier alpha value is -3.21. The van der Waals surface area contributed by atoms with E-state index in [2.05, 4.69) is 33.1 Å². The minimum Gasteiger partial charge on any atom is -0.331 e. The van der Waals surface area contributed by atoms with Gasteiger partial charge in [-0.15, -0.1) is 0 Å². The Labute approximate surface area is 165 Å². The van der Waals surface area contributed by atoms with Gasteiger partial charge in [-0.3, -0.25) is 4.79 Å². The first-order valence-corrected chi connectivity index (χ1v) is 9.66. The third-order valence-corrected chi connectivity index (χ3v) is 5.10. The van der Waals surface area contributed by atoms with Crippen molar-refractivity contribution in [2.45, 2.75) is 32.9 Å². The molecule has 3 aromatic rings. The van der Waals surface area contributed by atoms with Crippen LogP contribution in [0.15, 0.2) is 67.0 Å². The molecule has 1 aromatic heterocycles. The van der Waals surface area contributed by atoms with Crippen LogP contribution in [0.5, 0.6) is 0 Å². The van der Waals surface area contributed by atoms with Crippen molar-refractivity contribution in [2.24, 2.45) is 0 Å². The fourth-order valence-electron chi connectivity index (χ4n) is 3.56. The molecule has 0 atom stereocenters. The molecule has 0 bridgehead atoms. The average molecular weight is 372 g/mol. The third-order valence-electron chi connectivity index (χ3n) is 5.10. The molecule has 1 aliphatic rings. The van der Waals surface area contributed by atoms with Gasteiger partial charge in [0.2, 0.25) is 0 Å². The summed E-state index contributed by atoms with van der Waals surface area (Å²) in [7, 11) is 0. The summed E-state index contributed by atoms with van der Waals surface area (Å²) in [6.07, 6.45) is 4.30. The summed E-state index contributed by atoms with van der Waals surface area (Å²) in [6.45, 7) is 5.47. The molecule has 2 heterocycles. The van der Waals surface area contributed by atoms with E-state index in [1.165, 1.54) is 11.3 Å². The van der Waals surface area contributed by atoms with Crippen LogP contribution in [0.25, 0.3) is 0 Å². The molecule has 0 radical (unpaired) electrons. The fourth-order valence-corrected chi connectivity index (χ4v) is 3.56. The molecule has 4 rings (SSSR count). The first-order valence-electron chi connectivity index (χ1n) is 9.66. The SMILES string of the molecule is CC(C)N(Cc1ccccc1)C(=O)c1cnc(N2CCc3ccccc32)cn1. The molecule has 0 saturated heterocycles. The van der Waals surface area contributed by atoms with Crippen LogP contribution in [-0.2, 0) is 13.0 Å². The normalized spacial score (nSPS) is 12.9. The number of anilines is 2. The highest BCUT2D eigenvalue weighted by Gasteiger charge is 2.23. The Morgan fingerprint density at radius 2 is 1.79 bits per heavy atom. The van der Waals surface area contributed by atoms with Crippen LogP contribution in [0.2, 0.25) is 0 Å². The van der Waals surface area contributed by atoms with Gasteiger partial charge in [0, 0.05) is 24.8 Å². The predicted molar refractivity (Wildman–Crippen MR) is 111 cm³/mol. The van der Waals surface area contributed by atoms with E-state index >= 15 is 0 Å². The number of aromatic nitrogens is 2. The number of fused-ring (bicyclic) bond motifs is 1. The number of carbonyl (C=O) groups excluding carboxylic acids is 1. The lowest BCUT2D eigenvalue weighted by Gasteiger charge is -2.26. The maximum atomic E-state index is 13.0. The van der Waals surface area contributed by atoms with Gasteiger partial charge in [0.15, 0.2) is 5.82 Å². The summed E-state index contributed by atoms with van der Waals surface area (Å²) < 4.78 is 0. The molecule has 0 spiro atoms. The first-order chi connectivity index (χ1) is 13.6. The van der Waals surface area contributed by atoms with Crippen LogP contribution in [-0.4, -0.2) is 33.4 Å². The van der Waals surface area contributed by atoms with Crippen molar-refractivity contribution in [3.63, 3.8) is 0 Å². The molecular formula is C23H24N4O. The van der Waals surface area contributed by atoms with Gasteiger partial charge in [-0.1, -0.05) is 48.5 Å². The zero-order chi connectivity index (χ0) is 19.5. The molecule has 5 nitrogen and oxygen atoms in total. The molecule has 1 amide bonds. The summed E-state index contributed by atoms with van der Waals surface area (Å²) in [5.41, 5.74) is 3.96. The zero-order valence-corrected chi connectivity index (χ0v) is 16.2. The number of rotatable bonds is 5. The molecule has 2 aromatic carbocycles. The monoisotopic (exact) mass is 372 g/mol. The van der Waals surface area contributed by atoms with Gasteiger partial charge in [-0.05, 0) is 37.5 Å². The van der Waals surface area contributed by atoms with E-state index in [0.29, 0.717) is 12.2 Å². The number of hydrogen-bond acceptors (Lipinski definition) is 4. The Bertz CT molecular complexity index is 954. The predicted octanol–water partition coefficient (Wildman–Crippen LogP) is 4.22. The van der Waals surface area contributed by atoms with Gasteiger partial charge in [-0.25, -0.2) is 9.97 Å². The van der Waals surface area contributed by atoms with Crippen LogP contribution in [0.1, 0.15) is 35.5 Å². The number of nitrogens with zero attached hydrogens (tertiary/aromatic N) is 4. The lowest BCUT2D eigenvalue weighted by atomic mass is 10.2. The molecule has 1 aliphatic heterocycles. The molecule has 0 unspecified atom stereocenters. The minimum atomic E-state index is -0.0975. The zero-order valence-electron chi connectivity index (χ0n) is 16.2. The van der Waals surface area contributed by atoms with E-state index in [9.17, 15) is 4.79 Å². The lowest BCUT2D eigenvalue weighted by Crippen LogP contribution is -2.37. The van der Waals surface area contributed by atoms with Crippen molar-refractivity contribution in [1.82, 2.24) is 14.9 Å². The van der Waals surface area contributed by atoms with Gasteiger partial charge < -0.3 is 9.80 Å². The van der Waals surface area contributed by atoms with Crippen LogP contribution in [0.4, 0.5) is 11.5 Å². The van der Waals surface area contributed by atoms with E-state index in [0.717, 1.165) is 24.3 Å². The Balaban J connectivity index is 1.53. The highest BCUT2D eigenvalue weighted by atomic mass is 16.2. The summed E-state index contributed by atoms with van der Waals surface area (Å²) in [6, 6.07) is 18.4. The molecule has 142 valence electrons. The maximum absolute atomic E-state index is 13.0. The highest BCUT2D eigenvalue weighted by molar-refractivity contribution is 5.92. The number of amides is 1. The van der Waals surface area contributed by atoms with Gasteiger partial charge in [-0.2, -0.15) is 0 Å². The van der Waals surface area contributed by atoms with Crippen molar-refractivity contribution in [1.29, 1.82) is 0 Å². The highest BCUT2D eigenvalue weighted by Crippen LogP contribution is 2.32. The third kappa shape index (κ3) is 3.60. The Morgan fingerprint density at radius 3 is 2.50 bits per heavy atom. The van der Waals surface area contributed by atoms with E-state index in [1.54, 1.807) is 12.4 Å². The number of carbonyl (C=O) groups is 1. The van der Waals surface area contributed by atoms with Crippen LogP contribution < -0.4 is 4.90 Å². The van der Waals surface area contributed by atoms with Crippen LogP contribution >= 0.6 is 0 Å². The second kappa shape index (κ2) is 7.80. The average Bonchev–Trinajstić information content (AvgIpc) is 3.16. The van der Waals surface area contributed by atoms with Crippen molar-refractivity contribution < 1.29 is 4.79 Å². The van der Waals surface area contributed by atoms with E-state index in [1.807, 2.05) is 55.1 Å². The van der Waals surface area contributed by atoms with Crippen LogP contribution in [0.3, 0.4) is 0 Å². The van der Waals surface area contributed by atoms with Gasteiger partial charge >= 0.3 is 0 Å². The number of para-hydroxylation sites is 1. The number of benzene rings is 2. The topological polar surface area (TPSA) is 49.3 Å². The van der Waals surface area contributed by atoms with Crippen LogP contribution in [0, 0.1) is 0 Å². The molecule has 0 fully saturated rings. The van der Waals surface area contributed by atoms with Gasteiger partial charge in [0.1, 0.15) is 5.69 Å². The van der Waals surface area contributed by atoms with Crippen molar-refractivity contribution >= 4 is 17.4 Å². The number of hydrogen-bond donors (Lipinski definition) is 0. The second-order valence-corrected chi connectivity index (χ2v) is 7.30. The minimum absolute atomic E-state index is 0.0691. The van der Waals surface area contributed by atoms with Gasteiger partial charge in [0.05, 0.1) is 12.4 Å². The van der Waals surface area contributed by atoms with Crippen molar-refractivity contribution in [3.8, 4) is 0 Å². The van der Waals surface area contributed by atoms with E-state index in [-0.39, 0.29) is 11.9 Å². The molecule has 0 N–H and O–H groups in total. The smallest absolute Gasteiger partial charge is 0.274 e.